The van der Waals surface area contributed by atoms with Crippen LogP contribution in [0.2, 0.25) is 5.02 Å². The number of benzene rings is 2. The van der Waals surface area contributed by atoms with Gasteiger partial charge >= 0.3 is 5.97 Å². The van der Waals surface area contributed by atoms with Crippen LogP contribution in [-0.4, -0.2) is 36.6 Å². The fourth-order valence-corrected chi connectivity index (χ4v) is 3.67. The molecule has 3 rings (SSSR count). The van der Waals surface area contributed by atoms with E-state index >= 15 is 0 Å². The Balaban J connectivity index is 1.63. The summed E-state index contributed by atoms with van der Waals surface area (Å²) in [6.07, 6.45) is 2.21. The van der Waals surface area contributed by atoms with Crippen LogP contribution in [0.3, 0.4) is 0 Å². The van der Waals surface area contributed by atoms with Crippen LogP contribution < -0.4 is 10.6 Å². The molecule has 4 N–H and O–H groups in total. The highest BCUT2D eigenvalue weighted by Gasteiger charge is 2.24. The molecule has 29 heavy (non-hydrogen) atoms. The average Bonchev–Trinajstić information content (AvgIpc) is 3.14. The van der Waals surface area contributed by atoms with Gasteiger partial charge in [-0.15, -0.1) is 0 Å². The van der Waals surface area contributed by atoms with Crippen molar-refractivity contribution in [1.82, 2.24) is 10.3 Å². The Hall–Kier alpha value is -2.83. The van der Waals surface area contributed by atoms with E-state index in [2.05, 4.69) is 10.3 Å². The van der Waals surface area contributed by atoms with Gasteiger partial charge in [-0.05, 0) is 24.6 Å². The fourth-order valence-electron chi connectivity index (χ4n) is 3.36. The highest BCUT2D eigenvalue weighted by atomic mass is 35.5. The predicted octanol–water partition coefficient (Wildman–Crippen LogP) is 2.35. The number of carbonyl (C=O) groups excluding carboxylic acids is 2. The first-order valence-corrected chi connectivity index (χ1v) is 9.87. The van der Waals surface area contributed by atoms with Gasteiger partial charge in [0.2, 0.25) is 0 Å². The van der Waals surface area contributed by atoms with Crippen LogP contribution in [0.5, 0.6) is 0 Å². The summed E-state index contributed by atoms with van der Waals surface area (Å²) in [5.41, 5.74) is 2.90. The van der Waals surface area contributed by atoms with E-state index in [1.807, 2.05) is 67.0 Å². The molecule has 3 aromatic rings. The SMILES string of the molecule is COC(=O)[C@H](Cc1c[nH]c2ccccc12)NC(=O)C[NH2+][C@H](C)c1ccccc1Cl. The molecule has 2 aromatic carbocycles. The Labute approximate surface area is 174 Å². The van der Waals surface area contributed by atoms with Crippen molar-refractivity contribution in [2.75, 3.05) is 13.7 Å². The summed E-state index contributed by atoms with van der Waals surface area (Å²) in [5, 5.41) is 6.38. The summed E-state index contributed by atoms with van der Waals surface area (Å²) in [4.78, 5) is 27.9. The molecule has 0 spiro atoms. The molecular weight excluding hydrogens is 390 g/mol. The maximum atomic E-state index is 12.5. The molecule has 0 aliphatic carbocycles. The Morgan fingerprint density at radius 3 is 2.66 bits per heavy atom. The van der Waals surface area contributed by atoms with Crippen LogP contribution >= 0.6 is 11.6 Å². The molecule has 0 fully saturated rings. The van der Waals surface area contributed by atoms with E-state index in [-0.39, 0.29) is 18.5 Å². The van der Waals surface area contributed by atoms with Crippen molar-refractivity contribution < 1.29 is 19.6 Å². The van der Waals surface area contributed by atoms with Gasteiger partial charge in [-0.25, -0.2) is 4.79 Å². The number of halogens is 1. The molecule has 0 radical (unpaired) electrons. The van der Waals surface area contributed by atoms with Gasteiger partial charge in [0.1, 0.15) is 12.1 Å². The lowest BCUT2D eigenvalue weighted by Gasteiger charge is -2.17. The largest absolute Gasteiger partial charge is 0.467 e. The second-order valence-corrected chi connectivity index (χ2v) is 7.36. The average molecular weight is 415 g/mol. The maximum absolute atomic E-state index is 12.5. The lowest BCUT2D eigenvalue weighted by atomic mass is 10.0. The molecular formula is C22H25ClN3O3+. The molecule has 0 saturated heterocycles. The van der Waals surface area contributed by atoms with Gasteiger partial charge in [0.25, 0.3) is 5.91 Å². The van der Waals surface area contributed by atoms with Gasteiger partial charge in [0.15, 0.2) is 6.54 Å². The van der Waals surface area contributed by atoms with Crippen LogP contribution in [0.15, 0.2) is 54.7 Å². The van der Waals surface area contributed by atoms with Gasteiger partial charge in [-0.1, -0.05) is 48.0 Å². The number of methoxy groups -OCH3 is 1. The molecule has 0 aliphatic heterocycles. The van der Waals surface area contributed by atoms with Crippen molar-refractivity contribution in [1.29, 1.82) is 0 Å². The maximum Gasteiger partial charge on any atom is 0.328 e. The number of quaternary nitrogens is 1. The summed E-state index contributed by atoms with van der Waals surface area (Å²) < 4.78 is 4.89. The molecule has 0 unspecified atom stereocenters. The summed E-state index contributed by atoms with van der Waals surface area (Å²) in [7, 11) is 1.32. The van der Waals surface area contributed by atoms with Crippen molar-refractivity contribution in [3.8, 4) is 0 Å². The second-order valence-electron chi connectivity index (χ2n) is 6.96. The minimum Gasteiger partial charge on any atom is -0.467 e. The molecule has 6 nitrogen and oxygen atoms in total. The zero-order chi connectivity index (χ0) is 20.8. The van der Waals surface area contributed by atoms with Gasteiger partial charge in [-0.3, -0.25) is 4.79 Å². The molecule has 0 saturated carbocycles. The number of para-hydroxylation sites is 1. The number of aromatic amines is 1. The number of fused-ring (bicyclic) bond motifs is 1. The van der Waals surface area contributed by atoms with E-state index in [4.69, 9.17) is 16.3 Å². The zero-order valence-electron chi connectivity index (χ0n) is 16.4. The molecule has 7 heteroatoms. The summed E-state index contributed by atoms with van der Waals surface area (Å²) in [5.74, 6) is -0.707. The number of ether oxygens (including phenoxy) is 1. The Kier molecular flexibility index (Phi) is 6.90. The molecule has 2 atom stereocenters. The van der Waals surface area contributed by atoms with E-state index in [1.54, 1.807) is 0 Å². The van der Waals surface area contributed by atoms with E-state index in [0.29, 0.717) is 11.4 Å². The Morgan fingerprint density at radius 1 is 1.17 bits per heavy atom. The predicted molar refractivity (Wildman–Crippen MR) is 113 cm³/mol. The third-order valence-electron chi connectivity index (χ3n) is 4.97. The Bertz CT molecular complexity index is 1000. The number of carbonyl (C=O) groups is 2. The summed E-state index contributed by atoms with van der Waals surface area (Å²) in [6, 6.07) is 14.7. The van der Waals surface area contributed by atoms with Crippen molar-refractivity contribution in [3.05, 3.63) is 70.9 Å². The number of hydrogen-bond donors (Lipinski definition) is 3. The van der Waals surface area contributed by atoms with Gasteiger partial charge in [-0.2, -0.15) is 0 Å². The number of nitrogens with two attached hydrogens (primary N) is 1. The lowest BCUT2D eigenvalue weighted by Crippen LogP contribution is -2.87. The van der Waals surface area contributed by atoms with E-state index < -0.39 is 12.0 Å². The van der Waals surface area contributed by atoms with E-state index in [9.17, 15) is 9.59 Å². The minimum atomic E-state index is -0.754. The third-order valence-corrected chi connectivity index (χ3v) is 5.32. The van der Waals surface area contributed by atoms with Crippen molar-refractivity contribution in [2.24, 2.45) is 0 Å². The number of aromatic nitrogens is 1. The van der Waals surface area contributed by atoms with Crippen LogP contribution in [-0.2, 0) is 20.7 Å². The first-order valence-electron chi connectivity index (χ1n) is 9.49. The molecule has 1 heterocycles. The van der Waals surface area contributed by atoms with E-state index in [0.717, 1.165) is 22.0 Å². The monoisotopic (exact) mass is 414 g/mol. The molecule has 1 amide bonds. The number of H-pyrrole nitrogens is 1. The van der Waals surface area contributed by atoms with Gasteiger partial charge < -0.3 is 20.4 Å². The zero-order valence-corrected chi connectivity index (χ0v) is 17.2. The molecule has 0 aliphatic rings. The van der Waals surface area contributed by atoms with E-state index in [1.165, 1.54) is 7.11 Å². The second kappa shape index (κ2) is 9.58. The third kappa shape index (κ3) is 5.16. The van der Waals surface area contributed by atoms with Gasteiger partial charge in [0.05, 0.1) is 7.11 Å². The molecule has 152 valence electrons. The normalized spacial score (nSPS) is 13.1. The highest BCUT2D eigenvalue weighted by molar-refractivity contribution is 6.31. The Morgan fingerprint density at radius 2 is 1.90 bits per heavy atom. The standard InChI is InChI=1S/C22H24ClN3O3/c1-14(16-7-3-5-9-18(16)23)24-13-21(27)26-20(22(28)29-2)11-15-12-25-19-10-6-4-8-17(15)19/h3-10,12,14,20,24-25H,11,13H2,1-2H3,(H,26,27)/p+1/t14-,20+/m1/s1. The first kappa shape index (κ1) is 20.9. The van der Waals surface area contributed by atoms with Crippen LogP contribution in [0.25, 0.3) is 10.9 Å². The number of hydrogen-bond acceptors (Lipinski definition) is 3. The fraction of sp³-hybridized carbons (Fsp3) is 0.273. The number of amides is 1. The topological polar surface area (TPSA) is 87.8 Å². The van der Waals surface area contributed by atoms with Gasteiger partial charge in [0, 0.05) is 34.1 Å². The minimum absolute atomic E-state index is 0.0136. The van der Waals surface area contributed by atoms with Crippen LogP contribution in [0.1, 0.15) is 24.1 Å². The summed E-state index contributed by atoms with van der Waals surface area (Å²) in [6.45, 7) is 2.16. The van der Waals surface area contributed by atoms with Crippen molar-refractivity contribution in [3.63, 3.8) is 0 Å². The van der Waals surface area contributed by atoms with Crippen LogP contribution in [0.4, 0.5) is 0 Å². The highest BCUT2D eigenvalue weighted by Crippen LogP contribution is 2.20. The van der Waals surface area contributed by atoms with Crippen LogP contribution in [0, 0.1) is 0 Å². The lowest BCUT2D eigenvalue weighted by molar-refractivity contribution is -0.682. The number of esters is 1. The number of rotatable bonds is 8. The smallest absolute Gasteiger partial charge is 0.328 e. The molecule has 1 aromatic heterocycles. The van der Waals surface area contributed by atoms with Crippen molar-refractivity contribution in [2.45, 2.75) is 25.4 Å². The quantitative estimate of drug-likeness (QED) is 0.494. The first-order chi connectivity index (χ1) is 14.0. The number of nitrogens with one attached hydrogen (secondary N) is 2. The summed E-state index contributed by atoms with van der Waals surface area (Å²) >= 11 is 6.22. The molecule has 0 bridgehead atoms. The van der Waals surface area contributed by atoms with Crippen molar-refractivity contribution >= 4 is 34.4 Å².